The molecule has 0 aliphatic heterocycles. The average molecular weight is 265 g/mol. The largest absolute Gasteiger partial charge is 0.303 e. The smallest absolute Gasteiger partial charge is 0.0641 e. The van der Waals surface area contributed by atoms with E-state index in [-0.39, 0.29) is 6.04 Å². The van der Waals surface area contributed by atoms with E-state index in [0.717, 1.165) is 17.7 Å². The van der Waals surface area contributed by atoms with Gasteiger partial charge in [-0.25, -0.2) is 0 Å². The molecule has 1 heterocycles. The van der Waals surface area contributed by atoms with Gasteiger partial charge in [-0.1, -0.05) is 43.3 Å². The Balaban J connectivity index is 2.08. The summed E-state index contributed by atoms with van der Waals surface area (Å²) in [5.74, 6) is 0. The molecule has 1 N–H and O–H groups in total. The Hall–Kier alpha value is -2.18. The van der Waals surface area contributed by atoms with Crippen LogP contribution in [0.25, 0.3) is 0 Å². The number of hydrogen-bond donors (Lipinski definition) is 1. The molecule has 1 atom stereocenters. The highest BCUT2D eigenvalue weighted by molar-refractivity contribution is 5.22. The number of nitrogens with one attached hydrogen (secondary N) is 1. The summed E-state index contributed by atoms with van der Waals surface area (Å²) < 4.78 is 0. The highest BCUT2D eigenvalue weighted by atomic mass is 14.9. The molecule has 102 valence electrons. The first-order valence-electron chi connectivity index (χ1n) is 6.93. The van der Waals surface area contributed by atoms with Crippen molar-refractivity contribution >= 4 is 0 Å². The van der Waals surface area contributed by atoms with Crippen LogP contribution in [0.1, 0.15) is 36.2 Å². The third-order valence-corrected chi connectivity index (χ3v) is 3.38. The fraction of sp³-hybridized carbons (Fsp3) is 0.294. The summed E-state index contributed by atoms with van der Waals surface area (Å²) in [4.78, 5) is 4.43. The molecule has 0 saturated carbocycles. The van der Waals surface area contributed by atoms with E-state index in [9.17, 15) is 0 Å². The Morgan fingerprint density at radius 3 is 2.70 bits per heavy atom. The molecule has 2 aromatic rings. The molecule has 1 aromatic carbocycles. The Kier molecular flexibility index (Phi) is 5.28. The molecule has 1 aromatic heterocycles. The SMILES string of the molecule is CCc1cccnc1CNC(CC#N)c1ccccc1. The topological polar surface area (TPSA) is 48.7 Å². The second kappa shape index (κ2) is 7.42. The summed E-state index contributed by atoms with van der Waals surface area (Å²) in [5.41, 5.74) is 3.46. The molecule has 0 bridgehead atoms. The molecule has 3 heteroatoms. The van der Waals surface area contributed by atoms with Gasteiger partial charge >= 0.3 is 0 Å². The third-order valence-electron chi connectivity index (χ3n) is 3.38. The lowest BCUT2D eigenvalue weighted by Gasteiger charge is -2.17. The van der Waals surface area contributed by atoms with E-state index in [2.05, 4.69) is 29.4 Å². The lowest BCUT2D eigenvalue weighted by molar-refractivity contribution is 0.535. The van der Waals surface area contributed by atoms with Gasteiger partial charge in [-0.05, 0) is 23.6 Å². The Morgan fingerprint density at radius 2 is 2.00 bits per heavy atom. The van der Waals surface area contributed by atoms with Crippen LogP contribution < -0.4 is 5.32 Å². The number of nitrogens with zero attached hydrogens (tertiary/aromatic N) is 2. The number of nitriles is 1. The van der Waals surface area contributed by atoms with Crippen molar-refractivity contribution in [3.63, 3.8) is 0 Å². The van der Waals surface area contributed by atoms with E-state index in [4.69, 9.17) is 5.26 Å². The van der Waals surface area contributed by atoms with Crippen LogP contribution in [-0.4, -0.2) is 4.98 Å². The molecule has 0 fully saturated rings. The predicted molar refractivity (Wildman–Crippen MR) is 79.9 cm³/mol. The van der Waals surface area contributed by atoms with Crippen molar-refractivity contribution in [3.8, 4) is 6.07 Å². The van der Waals surface area contributed by atoms with Gasteiger partial charge in [-0.15, -0.1) is 0 Å². The maximum Gasteiger partial charge on any atom is 0.0641 e. The van der Waals surface area contributed by atoms with Crippen molar-refractivity contribution in [3.05, 3.63) is 65.5 Å². The number of aryl methyl sites for hydroxylation is 1. The minimum absolute atomic E-state index is 0.0490. The second-order valence-electron chi connectivity index (χ2n) is 4.67. The van der Waals surface area contributed by atoms with Gasteiger partial charge in [0.05, 0.1) is 18.2 Å². The maximum atomic E-state index is 8.99. The molecular weight excluding hydrogens is 246 g/mol. The summed E-state index contributed by atoms with van der Waals surface area (Å²) in [7, 11) is 0. The van der Waals surface area contributed by atoms with Crippen LogP contribution in [0.4, 0.5) is 0 Å². The molecule has 0 aliphatic rings. The van der Waals surface area contributed by atoms with Gasteiger partial charge in [-0.3, -0.25) is 4.98 Å². The number of aromatic nitrogens is 1. The highest BCUT2D eigenvalue weighted by Crippen LogP contribution is 2.17. The minimum Gasteiger partial charge on any atom is -0.303 e. The van der Waals surface area contributed by atoms with Crippen molar-refractivity contribution < 1.29 is 0 Å². The van der Waals surface area contributed by atoms with Crippen LogP contribution in [0.2, 0.25) is 0 Å². The lowest BCUT2D eigenvalue weighted by Crippen LogP contribution is -2.21. The van der Waals surface area contributed by atoms with Crippen molar-refractivity contribution in [2.24, 2.45) is 0 Å². The molecule has 3 nitrogen and oxygen atoms in total. The Morgan fingerprint density at radius 1 is 1.20 bits per heavy atom. The van der Waals surface area contributed by atoms with Gasteiger partial charge in [0.1, 0.15) is 0 Å². The van der Waals surface area contributed by atoms with E-state index in [0.29, 0.717) is 13.0 Å². The summed E-state index contributed by atoms with van der Waals surface area (Å²) in [6.07, 6.45) is 3.25. The molecule has 20 heavy (non-hydrogen) atoms. The summed E-state index contributed by atoms with van der Waals surface area (Å²) in [6, 6.07) is 16.5. The summed E-state index contributed by atoms with van der Waals surface area (Å²) >= 11 is 0. The van der Waals surface area contributed by atoms with Crippen molar-refractivity contribution in [1.29, 1.82) is 5.26 Å². The molecule has 0 amide bonds. The van der Waals surface area contributed by atoms with Gasteiger partial charge in [0.2, 0.25) is 0 Å². The Labute approximate surface area is 120 Å². The zero-order chi connectivity index (χ0) is 14.2. The van der Waals surface area contributed by atoms with E-state index >= 15 is 0 Å². The van der Waals surface area contributed by atoms with E-state index < -0.39 is 0 Å². The first-order valence-corrected chi connectivity index (χ1v) is 6.93. The lowest BCUT2D eigenvalue weighted by atomic mass is 10.0. The van der Waals surface area contributed by atoms with Crippen LogP contribution in [0.15, 0.2) is 48.7 Å². The number of hydrogen-bond acceptors (Lipinski definition) is 3. The number of rotatable bonds is 6. The average Bonchev–Trinajstić information content (AvgIpc) is 2.52. The predicted octanol–water partition coefficient (Wildman–Crippen LogP) is 3.39. The maximum absolute atomic E-state index is 8.99. The van der Waals surface area contributed by atoms with Gasteiger partial charge in [0, 0.05) is 18.8 Å². The molecule has 0 spiro atoms. The van der Waals surface area contributed by atoms with Crippen molar-refractivity contribution in [2.75, 3.05) is 0 Å². The zero-order valence-electron chi connectivity index (χ0n) is 11.7. The van der Waals surface area contributed by atoms with Crippen molar-refractivity contribution in [1.82, 2.24) is 10.3 Å². The molecule has 2 rings (SSSR count). The fourth-order valence-corrected chi connectivity index (χ4v) is 2.26. The van der Waals surface area contributed by atoms with Gasteiger partial charge in [0.15, 0.2) is 0 Å². The number of pyridine rings is 1. The number of benzene rings is 1. The molecule has 0 aliphatic carbocycles. The van der Waals surface area contributed by atoms with Crippen LogP contribution in [0.5, 0.6) is 0 Å². The second-order valence-corrected chi connectivity index (χ2v) is 4.67. The first-order chi connectivity index (χ1) is 9.85. The molecule has 1 unspecified atom stereocenters. The molecule has 0 radical (unpaired) electrons. The normalized spacial score (nSPS) is 11.8. The Bertz CT molecular complexity index is 572. The molecular formula is C17H19N3. The van der Waals surface area contributed by atoms with Gasteiger partial charge in [-0.2, -0.15) is 5.26 Å². The highest BCUT2D eigenvalue weighted by Gasteiger charge is 2.11. The quantitative estimate of drug-likeness (QED) is 0.871. The van der Waals surface area contributed by atoms with E-state index in [1.165, 1.54) is 5.56 Å². The standard InChI is InChI=1S/C17H19N3/c1-2-14-9-6-12-19-17(14)13-20-16(10-11-18)15-7-4-3-5-8-15/h3-9,12,16,20H,2,10,13H2,1H3. The van der Waals surface area contributed by atoms with E-state index in [1.54, 1.807) is 0 Å². The fourth-order valence-electron chi connectivity index (χ4n) is 2.26. The van der Waals surface area contributed by atoms with Crippen LogP contribution >= 0.6 is 0 Å². The third kappa shape index (κ3) is 3.66. The minimum atomic E-state index is 0.0490. The molecule has 0 saturated heterocycles. The first kappa shape index (κ1) is 14.2. The van der Waals surface area contributed by atoms with Gasteiger partial charge in [0.25, 0.3) is 0 Å². The van der Waals surface area contributed by atoms with Crippen LogP contribution in [0, 0.1) is 11.3 Å². The van der Waals surface area contributed by atoms with Crippen LogP contribution in [0.3, 0.4) is 0 Å². The monoisotopic (exact) mass is 265 g/mol. The zero-order valence-corrected chi connectivity index (χ0v) is 11.7. The summed E-state index contributed by atoms with van der Waals surface area (Å²) in [5, 5.41) is 12.4. The van der Waals surface area contributed by atoms with E-state index in [1.807, 2.05) is 42.6 Å². The van der Waals surface area contributed by atoms with Crippen LogP contribution in [-0.2, 0) is 13.0 Å². The van der Waals surface area contributed by atoms with Crippen molar-refractivity contribution in [2.45, 2.75) is 32.4 Å². The summed E-state index contributed by atoms with van der Waals surface area (Å²) in [6.45, 7) is 2.82. The van der Waals surface area contributed by atoms with Gasteiger partial charge < -0.3 is 5.32 Å².